The standard InChI is InChI=1S/C43H31NO2P/c1-29-17-21-31(22-18-29)44(32-23-19-30(20-24-32)34-11-7-14-39-42(34)35-10-5-6-13-37(35)45-39)33-25-27-47(28-26-33)41-16-8-15-40-43(41)36-9-3-2-4-12-38(36)46-40/h2-8,10-28H,9H2,1H3/q+1. The van der Waals surface area contributed by atoms with E-state index in [1.165, 1.54) is 27.4 Å². The average Bonchev–Trinajstić information content (AvgIpc) is 3.59. The summed E-state index contributed by atoms with van der Waals surface area (Å²) in [6, 6.07) is 43.3. The van der Waals surface area contributed by atoms with E-state index in [0.717, 1.165) is 62.3 Å². The van der Waals surface area contributed by atoms with Gasteiger partial charge >= 0.3 is 0 Å². The number of anilines is 3. The predicted molar refractivity (Wildman–Crippen MR) is 199 cm³/mol. The average molecular weight is 625 g/mol. The summed E-state index contributed by atoms with van der Waals surface area (Å²) >= 11 is 0. The molecule has 0 fully saturated rings. The van der Waals surface area contributed by atoms with E-state index in [4.69, 9.17) is 8.83 Å². The molecule has 0 unspecified atom stereocenters. The van der Waals surface area contributed by atoms with Crippen molar-refractivity contribution in [3.63, 3.8) is 0 Å². The lowest BCUT2D eigenvalue weighted by Gasteiger charge is -2.25. The van der Waals surface area contributed by atoms with Crippen LogP contribution in [0.5, 0.6) is 0 Å². The molecule has 0 saturated carbocycles. The van der Waals surface area contributed by atoms with E-state index in [1.54, 1.807) is 0 Å². The maximum absolute atomic E-state index is 6.29. The number of nitrogens with zero attached hydrogens (tertiary/aromatic N) is 1. The van der Waals surface area contributed by atoms with E-state index in [0.29, 0.717) is 0 Å². The van der Waals surface area contributed by atoms with E-state index in [9.17, 15) is 0 Å². The number of rotatable bonds is 5. The van der Waals surface area contributed by atoms with Gasteiger partial charge in [-0.3, -0.25) is 0 Å². The SMILES string of the molecule is Cc1ccc(N(c2ccc(-c3cccc4oc5ccccc5c34)cc2)c2cc[p+](-c3cccc4oc5c(c34)CC=CC=C5)cc2)cc1. The summed E-state index contributed by atoms with van der Waals surface area (Å²) in [4.78, 5) is 2.34. The molecule has 0 amide bonds. The number of hydrogen-bond acceptors (Lipinski definition) is 3. The second kappa shape index (κ2) is 11.3. The molecule has 5 aromatic carbocycles. The molecular formula is C43H31NO2P+. The minimum absolute atomic E-state index is 0.647. The third kappa shape index (κ3) is 4.79. The summed E-state index contributed by atoms with van der Waals surface area (Å²) in [7, 11) is -0.647. The topological polar surface area (TPSA) is 29.5 Å². The van der Waals surface area contributed by atoms with E-state index < -0.39 is 7.53 Å². The van der Waals surface area contributed by atoms with Crippen molar-refractivity contribution in [3.05, 3.63) is 168 Å². The second-order valence-electron chi connectivity index (χ2n) is 12.0. The number of hydrogen-bond donors (Lipinski definition) is 0. The lowest BCUT2D eigenvalue weighted by atomic mass is 9.99. The highest BCUT2D eigenvalue weighted by Gasteiger charge is 2.23. The Morgan fingerprint density at radius 2 is 1.28 bits per heavy atom. The van der Waals surface area contributed by atoms with Gasteiger partial charge in [0, 0.05) is 39.8 Å². The molecule has 0 saturated heterocycles. The summed E-state index contributed by atoms with van der Waals surface area (Å²) in [5, 5.41) is 4.89. The van der Waals surface area contributed by atoms with E-state index in [2.05, 4.69) is 157 Å². The molecule has 3 heterocycles. The summed E-state index contributed by atoms with van der Waals surface area (Å²) in [5.41, 5.74) is 11.0. The first-order valence-corrected chi connectivity index (χ1v) is 17.5. The lowest BCUT2D eigenvalue weighted by molar-refractivity contribution is 0.600. The molecule has 4 heteroatoms. The van der Waals surface area contributed by atoms with Crippen LogP contribution in [-0.4, -0.2) is 0 Å². The first-order chi connectivity index (χ1) is 23.2. The molecule has 47 heavy (non-hydrogen) atoms. The third-order valence-electron chi connectivity index (χ3n) is 9.12. The first-order valence-electron chi connectivity index (χ1n) is 16.0. The van der Waals surface area contributed by atoms with Gasteiger partial charge in [0.25, 0.3) is 0 Å². The monoisotopic (exact) mass is 624 g/mol. The second-order valence-corrected chi connectivity index (χ2v) is 13.9. The maximum Gasteiger partial charge on any atom is 0.164 e. The Kier molecular flexibility index (Phi) is 6.66. The Morgan fingerprint density at radius 3 is 2.09 bits per heavy atom. The van der Waals surface area contributed by atoms with Crippen LogP contribution in [0.3, 0.4) is 0 Å². The zero-order chi connectivity index (χ0) is 31.3. The molecule has 8 aromatic rings. The van der Waals surface area contributed by atoms with Gasteiger partial charge in [-0.05, 0) is 79.1 Å². The van der Waals surface area contributed by atoms with Crippen LogP contribution in [0.4, 0.5) is 17.1 Å². The summed E-state index contributed by atoms with van der Waals surface area (Å²) in [6.45, 7) is 2.13. The molecule has 0 spiro atoms. The highest BCUT2D eigenvalue weighted by molar-refractivity contribution is 7.56. The zero-order valence-corrected chi connectivity index (χ0v) is 26.8. The third-order valence-corrected chi connectivity index (χ3v) is 11.0. The number of allylic oxidation sites excluding steroid dienone is 3. The van der Waals surface area contributed by atoms with Gasteiger partial charge in [0.2, 0.25) is 0 Å². The van der Waals surface area contributed by atoms with Crippen LogP contribution < -0.4 is 4.90 Å². The van der Waals surface area contributed by atoms with Gasteiger partial charge in [-0.15, -0.1) is 0 Å². The molecule has 0 bridgehead atoms. The summed E-state index contributed by atoms with van der Waals surface area (Å²) in [6.07, 6.45) is 9.33. The van der Waals surface area contributed by atoms with Crippen molar-refractivity contribution < 1.29 is 8.83 Å². The highest BCUT2D eigenvalue weighted by Crippen LogP contribution is 2.48. The van der Waals surface area contributed by atoms with Crippen molar-refractivity contribution in [1.29, 1.82) is 0 Å². The number of benzene rings is 5. The normalized spacial score (nSPS) is 12.5. The van der Waals surface area contributed by atoms with Gasteiger partial charge in [-0.1, -0.05) is 84.5 Å². The highest BCUT2D eigenvalue weighted by atomic mass is 31.1. The predicted octanol–water partition coefficient (Wildman–Crippen LogP) is 13.2. The van der Waals surface area contributed by atoms with Crippen LogP contribution in [0.1, 0.15) is 16.9 Å². The van der Waals surface area contributed by atoms with Crippen LogP contribution in [0.2, 0.25) is 0 Å². The maximum atomic E-state index is 6.29. The number of aryl methyl sites for hydroxylation is 1. The van der Waals surface area contributed by atoms with Crippen molar-refractivity contribution in [1.82, 2.24) is 0 Å². The van der Waals surface area contributed by atoms with Crippen molar-refractivity contribution in [3.8, 4) is 16.4 Å². The summed E-state index contributed by atoms with van der Waals surface area (Å²) < 4.78 is 12.5. The molecular weight excluding hydrogens is 593 g/mol. The number of furan rings is 2. The fourth-order valence-electron chi connectivity index (χ4n) is 6.85. The van der Waals surface area contributed by atoms with Gasteiger partial charge in [0.05, 0.1) is 11.1 Å². The molecule has 0 aliphatic heterocycles. The lowest BCUT2D eigenvalue weighted by Crippen LogP contribution is -2.09. The molecule has 0 radical (unpaired) electrons. The largest absolute Gasteiger partial charge is 0.456 e. The number of para-hydroxylation sites is 1. The van der Waals surface area contributed by atoms with Crippen molar-refractivity contribution in [2.24, 2.45) is 0 Å². The Bertz CT molecular complexity index is 2480. The van der Waals surface area contributed by atoms with Crippen LogP contribution in [-0.2, 0) is 6.42 Å². The van der Waals surface area contributed by atoms with Crippen LogP contribution >= 0.6 is 7.53 Å². The molecule has 0 N–H and O–H groups in total. The van der Waals surface area contributed by atoms with Gasteiger partial charge < -0.3 is 13.7 Å². The van der Waals surface area contributed by atoms with E-state index in [1.807, 2.05) is 12.1 Å². The Balaban J connectivity index is 1.12. The molecule has 3 nitrogen and oxygen atoms in total. The molecule has 224 valence electrons. The molecule has 0 atom stereocenters. The van der Waals surface area contributed by atoms with Crippen LogP contribution in [0.15, 0.2) is 160 Å². The molecule has 3 aromatic heterocycles. The molecule has 9 rings (SSSR count). The van der Waals surface area contributed by atoms with Gasteiger partial charge in [0.15, 0.2) is 12.8 Å². The first kappa shape index (κ1) is 27.7. The Morgan fingerprint density at radius 1 is 0.596 bits per heavy atom. The Hall–Kier alpha value is -5.63. The van der Waals surface area contributed by atoms with Gasteiger partial charge in [-0.25, -0.2) is 0 Å². The van der Waals surface area contributed by atoms with Crippen molar-refractivity contribution in [2.75, 3.05) is 4.90 Å². The summed E-state index contributed by atoms with van der Waals surface area (Å²) in [5.74, 6) is 5.72. The van der Waals surface area contributed by atoms with Crippen LogP contribution in [0.25, 0.3) is 55.4 Å². The Labute approximate surface area is 274 Å². The fraction of sp³-hybridized carbons (Fsp3) is 0.0465. The zero-order valence-electron chi connectivity index (χ0n) is 25.9. The molecule has 1 aliphatic rings. The number of fused-ring (bicyclic) bond motifs is 6. The van der Waals surface area contributed by atoms with Crippen LogP contribution in [0, 0.1) is 6.92 Å². The molecule has 1 aliphatic carbocycles. The van der Waals surface area contributed by atoms with Crippen molar-refractivity contribution >= 4 is 63.6 Å². The quantitative estimate of drug-likeness (QED) is 0.191. The van der Waals surface area contributed by atoms with Gasteiger partial charge in [0.1, 0.15) is 34.1 Å². The van der Waals surface area contributed by atoms with Gasteiger partial charge in [-0.2, -0.15) is 0 Å². The van der Waals surface area contributed by atoms with Crippen molar-refractivity contribution in [2.45, 2.75) is 13.3 Å². The smallest absolute Gasteiger partial charge is 0.164 e. The van der Waals surface area contributed by atoms with E-state index in [-0.39, 0.29) is 0 Å². The fourth-order valence-corrected chi connectivity index (χ4v) is 8.65. The minimum Gasteiger partial charge on any atom is -0.456 e. The van der Waals surface area contributed by atoms with E-state index >= 15 is 0 Å². The minimum atomic E-state index is -0.647.